The van der Waals surface area contributed by atoms with E-state index in [1.54, 1.807) is 0 Å². The summed E-state index contributed by atoms with van der Waals surface area (Å²) in [5.41, 5.74) is 0. The van der Waals surface area contributed by atoms with Crippen LogP contribution in [0.1, 0.15) is 19.8 Å². The molecule has 0 aromatic carbocycles. The minimum atomic E-state index is -0.833. The predicted molar refractivity (Wildman–Crippen MR) is 33.4 cm³/mol. The average molecular weight is 132 g/mol. The molecule has 0 atom stereocenters. The molecule has 0 unspecified atom stereocenters. The first-order chi connectivity index (χ1) is 4.23. The van der Waals surface area contributed by atoms with Crippen LogP contribution in [-0.2, 0) is 9.53 Å². The van der Waals surface area contributed by atoms with Crippen LogP contribution in [0.3, 0.4) is 0 Å². The van der Waals surface area contributed by atoms with E-state index in [4.69, 9.17) is 14.6 Å². The molecule has 1 heterocycles. The van der Waals surface area contributed by atoms with E-state index in [1.165, 1.54) is 12.8 Å². The second kappa shape index (κ2) is 5.56. The number of carboxylic acids is 1. The minimum Gasteiger partial charge on any atom is -0.481 e. The lowest BCUT2D eigenvalue weighted by atomic mass is 10.4. The van der Waals surface area contributed by atoms with Crippen LogP contribution in [0, 0.1) is 0 Å². The number of carbonyl (C=O) groups is 1. The molecule has 3 heteroatoms. The largest absolute Gasteiger partial charge is 0.481 e. The molecule has 0 radical (unpaired) electrons. The van der Waals surface area contributed by atoms with Gasteiger partial charge < -0.3 is 9.84 Å². The highest BCUT2D eigenvalue weighted by atomic mass is 16.5. The van der Waals surface area contributed by atoms with Gasteiger partial charge in [0, 0.05) is 20.1 Å². The minimum absolute atomic E-state index is 0.833. The van der Waals surface area contributed by atoms with Crippen molar-refractivity contribution in [3.05, 3.63) is 0 Å². The molecule has 3 nitrogen and oxygen atoms in total. The maximum absolute atomic E-state index is 9.00. The fourth-order valence-corrected chi connectivity index (χ4v) is 0.510. The second-order valence-corrected chi connectivity index (χ2v) is 1.84. The van der Waals surface area contributed by atoms with Crippen LogP contribution < -0.4 is 0 Å². The van der Waals surface area contributed by atoms with Crippen molar-refractivity contribution in [3.63, 3.8) is 0 Å². The van der Waals surface area contributed by atoms with E-state index in [-0.39, 0.29) is 0 Å². The third-order valence-electron chi connectivity index (χ3n) is 0.827. The Bertz CT molecular complexity index is 64.8. The maximum Gasteiger partial charge on any atom is 0.300 e. The number of hydrogen-bond acceptors (Lipinski definition) is 2. The Morgan fingerprint density at radius 2 is 1.78 bits per heavy atom. The Morgan fingerprint density at radius 1 is 1.44 bits per heavy atom. The first-order valence-corrected chi connectivity index (χ1v) is 3.01. The monoisotopic (exact) mass is 132 g/mol. The molecule has 1 aliphatic rings. The summed E-state index contributed by atoms with van der Waals surface area (Å²) in [4.78, 5) is 9.00. The molecule has 0 saturated carbocycles. The summed E-state index contributed by atoms with van der Waals surface area (Å²) in [6.07, 6.45) is 2.56. The first kappa shape index (κ1) is 8.43. The Morgan fingerprint density at radius 3 is 1.89 bits per heavy atom. The van der Waals surface area contributed by atoms with Crippen molar-refractivity contribution in [2.45, 2.75) is 19.8 Å². The van der Waals surface area contributed by atoms with Gasteiger partial charge in [0.2, 0.25) is 0 Å². The molecule has 54 valence electrons. The van der Waals surface area contributed by atoms with Crippen LogP contribution in [0.15, 0.2) is 0 Å². The lowest BCUT2D eigenvalue weighted by molar-refractivity contribution is -0.134. The third kappa shape index (κ3) is 11.2. The summed E-state index contributed by atoms with van der Waals surface area (Å²) in [5, 5.41) is 7.42. The van der Waals surface area contributed by atoms with Gasteiger partial charge in [0.1, 0.15) is 0 Å². The predicted octanol–water partition coefficient (Wildman–Crippen LogP) is 0.888. The highest BCUT2D eigenvalue weighted by molar-refractivity contribution is 5.62. The Balaban J connectivity index is 0.000000148. The maximum atomic E-state index is 9.00. The van der Waals surface area contributed by atoms with Crippen molar-refractivity contribution in [2.75, 3.05) is 13.2 Å². The van der Waals surface area contributed by atoms with Gasteiger partial charge in [-0.1, -0.05) is 0 Å². The van der Waals surface area contributed by atoms with E-state index in [9.17, 15) is 0 Å². The van der Waals surface area contributed by atoms with Gasteiger partial charge in [0.05, 0.1) is 0 Å². The van der Waals surface area contributed by atoms with Gasteiger partial charge in [-0.3, -0.25) is 4.79 Å². The fourth-order valence-electron chi connectivity index (χ4n) is 0.510. The summed E-state index contributed by atoms with van der Waals surface area (Å²) < 4.78 is 4.94. The molecule has 0 amide bonds. The number of ether oxygens (including phenoxy) is 1. The van der Waals surface area contributed by atoms with Gasteiger partial charge in [0.15, 0.2) is 0 Å². The van der Waals surface area contributed by atoms with E-state index in [0.29, 0.717) is 0 Å². The molecule has 1 fully saturated rings. The number of hydrogen-bond donors (Lipinski definition) is 1. The Labute approximate surface area is 54.6 Å². The highest BCUT2D eigenvalue weighted by Crippen LogP contribution is 1.98. The van der Waals surface area contributed by atoms with Crippen LogP contribution in [-0.4, -0.2) is 24.3 Å². The van der Waals surface area contributed by atoms with Crippen molar-refractivity contribution in [1.29, 1.82) is 0 Å². The Hall–Kier alpha value is -0.570. The lowest BCUT2D eigenvalue weighted by Gasteiger charge is -1.76. The van der Waals surface area contributed by atoms with Crippen LogP contribution >= 0.6 is 0 Å². The smallest absolute Gasteiger partial charge is 0.300 e. The molecule has 0 bridgehead atoms. The van der Waals surface area contributed by atoms with Gasteiger partial charge in [-0.25, -0.2) is 0 Å². The molecular formula is C6H12O3. The fraction of sp³-hybridized carbons (Fsp3) is 0.833. The van der Waals surface area contributed by atoms with Crippen molar-refractivity contribution >= 4 is 5.97 Å². The van der Waals surface area contributed by atoms with Gasteiger partial charge in [-0.2, -0.15) is 0 Å². The second-order valence-electron chi connectivity index (χ2n) is 1.84. The quantitative estimate of drug-likeness (QED) is 0.532. The summed E-state index contributed by atoms with van der Waals surface area (Å²) in [5.74, 6) is -0.833. The van der Waals surface area contributed by atoms with E-state index < -0.39 is 5.97 Å². The molecule has 1 rings (SSSR count). The molecule has 1 N–H and O–H groups in total. The molecule has 1 aliphatic heterocycles. The normalized spacial score (nSPS) is 16.1. The van der Waals surface area contributed by atoms with Gasteiger partial charge in [-0.05, 0) is 12.8 Å². The summed E-state index contributed by atoms with van der Waals surface area (Å²) in [6, 6.07) is 0. The van der Waals surface area contributed by atoms with Crippen molar-refractivity contribution in [3.8, 4) is 0 Å². The van der Waals surface area contributed by atoms with E-state index >= 15 is 0 Å². The van der Waals surface area contributed by atoms with E-state index in [0.717, 1.165) is 20.1 Å². The molecule has 1 saturated heterocycles. The zero-order valence-corrected chi connectivity index (χ0v) is 5.59. The summed E-state index contributed by atoms with van der Waals surface area (Å²) in [7, 11) is 0. The van der Waals surface area contributed by atoms with Crippen LogP contribution in [0.25, 0.3) is 0 Å². The standard InChI is InChI=1S/C4H8O.C2H4O2/c1-2-4-5-3-1;1-2(3)4/h1-4H2;1H3,(H,3,4). The zero-order valence-electron chi connectivity index (χ0n) is 5.59. The lowest BCUT2D eigenvalue weighted by Crippen LogP contribution is -1.78. The van der Waals surface area contributed by atoms with E-state index in [1.807, 2.05) is 0 Å². The Kier molecular flexibility index (Phi) is 5.21. The van der Waals surface area contributed by atoms with Gasteiger partial charge in [0.25, 0.3) is 5.97 Å². The summed E-state index contributed by atoms with van der Waals surface area (Å²) >= 11 is 0. The SMILES string of the molecule is C1CCOC1.CC(=O)O. The van der Waals surface area contributed by atoms with Gasteiger partial charge >= 0.3 is 0 Å². The van der Waals surface area contributed by atoms with Crippen LogP contribution in [0.2, 0.25) is 0 Å². The number of rotatable bonds is 0. The highest BCUT2D eigenvalue weighted by Gasteiger charge is 1.94. The molecule has 0 spiro atoms. The third-order valence-corrected chi connectivity index (χ3v) is 0.827. The molecule has 0 aromatic heterocycles. The number of carboxylic acid groups (broad SMARTS) is 1. The average Bonchev–Trinajstić information content (AvgIpc) is 2.11. The van der Waals surface area contributed by atoms with Crippen LogP contribution in [0.5, 0.6) is 0 Å². The van der Waals surface area contributed by atoms with Crippen molar-refractivity contribution in [1.82, 2.24) is 0 Å². The topological polar surface area (TPSA) is 46.5 Å². The molecule has 9 heavy (non-hydrogen) atoms. The number of aliphatic carboxylic acids is 1. The molecule has 0 aromatic rings. The molecule has 0 aliphatic carbocycles. The van der Waals surface area contributed by atoms with Crippen LogP contribution in [0.4, 0.5) is 0 Å². The first-order valence-electron chi connectivity index (χ1n) is 3.01. The zero-order chi connectivity index (χ0) is 7.11. The molecular weight excluding hydrogens is 120 g/mol. The summed E-state index contributed by atoms with van der Waals surface area (Å²) in [6.45, 7) is 3.08. The van der Waals surface area contributed by atoms with E-state index in [2.05, 4.69) is 0 Å². The van der Waals surface area contributed by atoms with Gasteiger partial charge in [-0.15, -0.1) is 0 Å². The van der Waals surface area contributed by atoms with Crippen molar-refractivity contribution < 1.29 is 14.6 Å². The van der Waals surface area contributed by atoms with Crippen molar-refractivity contribution in [2.24, 2.45) is 0 Å².